The SMILES string of the molecule is CC[C@H](C)[C@H](NC(=O)[C@H](C)NC(=O)[C@@H](N)CC(N)=O)C(=O)N[C@@H](C)C(=O)O. The summed E-state index contributed by atoms with van der Waals surface area (Å²) < 4.78 is 0. The van der Waals surface area contributed by atoms with Crippen molar-refractivity contribution in [3.63, 3.8) is 0 Å². The van der Waals surface area contributed by atoms with Crippen molar-refractivity contribution in [2.75, 3.05) is 0 Å². The highest BCUT2D eigenvalue weighted by atomic mass is 16.4. The van der Waals surface area contributed by atoms with Gasteiger partial charge in [0.1, 0.15) is 18.1 Å². The Morgan fingerprint density at radius 2 is 1.41 bits per heavy atom. The maximum Gasteiger partial charge on any atom is 0.325 e. The molecule has 0 saturated carbocycles. The fraction of sp³-hybridized carbons (Fsp3) is 0.688. The summed E-state index contributed by atoms with van der Waals surface area (Å²) in [6, 6.07) is -4.33. The van der Waals surface area contributed by atoms with Crippen molar-refractivity contribution in [2.45, 2.75) is 64.7 Å². The molecule has 5 atom stereocenters. The Balaban J connectivity index is 4.98. The first-order chi connectivity index (χ1) is 12.4. The fourth-order valence-corrected chi connectivity index (χ4v) is 2.04. The summed E-state index contributed by atoms with van der Waals surface area (Å²) in [6.45, 7) is 6.22. The molecule has 27 heavy (non-hydrogen) atoms. The van der Waals surface area contributed by atoms with Crippen LogP contribution in [0.15, 0.2) is 0 Å². The zero-order valence-electron chi connectivity index (χ0n) is 15.9. The molecule has 0 heterocycles. The highest BCUT2D eigenvalue weighted by Crippen LogP contribution is 2.09. The molecule has 11 heteroatoms. The van der Waals surface area contributed by atoms with E-state index in [2.05, 4.69) is 16.0 Å². The molecule has 0 aliphatic rings. The molecule has 0 aromatic carbocycles. The van der Waals surface area contributed by atoms with Crippen molar-refractivity contribution < 1.29 is 29.1 Å². The van der Waals surface area contributed by atoms with Gasteiger partial charge >= 0.3 is 5.97 Å². The number of nitrogens with two attached hydrogens (primary N) is 2. The number of carbonyl (C=O) groups is 5. The zero-order valence-corrected chi connectivity index (χ0v) is 15.9. The number of carbonyl (C=O) groups excluding carboxylic acids is 4. The van der Waals surface area contributed by atoms with E-state index >= 15 is 0 Å². The predicted molar refractivity (Wildman–Crippen MR) is 96.0 cm³/mol. The van der Waals surface area contributed by atoms with E-state index in [1.807, 2.05) is 6.92 Å². The summed E-state index contributed by atoms with van der Waals surface area (Å²) in [4.78, 5) is 58.2. The Kier molecular flexibility index (Phi) is 10.0. The van der Waals surface area contributed by atoms with Crippen molar-refractivity contribution in [2.24, 2.45) is 17.4 Å². The Labute approximate surface area is 157 Å². The maximum absolute atomic E-state index is 12.3. The summed E-state index contributed by atoms with van der Waals surface area (Å²) in [5, 5.41) is 16.0. The third-order valence-corrected chi connectivity index (χ3v) is 4.03. The van der Waals surface area contributed by atoms with Gasteiger partial charge in [-0.15, -0.1) is 0 Å². The van der Waals surface area contributed by atoms with Gasteiger partial charge in [-0.1, -0.05) is 20.3 Å². The van der Waals surface area contributed by atoms with Crippen LogP contribution in [0.1, 0.15) is 40.5 Å². The van der Waals surface area contributed by atoms with Crippen LogP contribution in [0, 0.1) is 5.92 Å². The van der Waals surface area contributed by atoms with Gasteiger partial charge in [-0.2, -0.15) is 0 Å². The number of carboxylic acid groups (broad SMARTS) is 1. The number of rotatable bonds is 11. The summed E-state index contributed by atoms with van der Waals surface area (Å²) >= 11 is 0. The van der Waals surface area contributed by atoms with Crippen molar-refractivity contribution in [1.29, 1.82) is 0 Å². The molecule has 11 nitrogen and oxygen atoms in total. The molecular formula is C16H29N5O6. The molecule has 0 saturated heterocycles. The van der Waals surface area contributed by atoms with Gasteiger partial charge in [-0.3, -0.25) is 24.0 Å². The van der Waals surface area contributed by atoms with Crippen LogP contribution in [0.2, 0.25) is 0 Å². The third kappa shape index (κ3) is 8.49. The zero-order chi connectivity index (χ0) is 21.3. The van der Waals surface area contributed by atoms with E-state index in [1.54, 1.807) is 6.92 Å². The minimum Gasteiger partial charge on any atom is -0.480 e. The predicted octanol–water partition coefficient (Wildman–Crippen LogP) is -2.19. The van der Waals surface area contributed by atoms with Crippen LogP contribution < -0.4 is 27.4 Å². The van der Waals surface area contributed by atoms with Gasteiger partial charge in [-0.05, 0) is 19.8 Å². The molecule has 0 spiro atoms. The van der Waals surface area contributed by atoms with Gasteiger partial charge in [0.15, 0.2) is 0 Å². The molecule has 0 aliphatic carbocycles. The summed E-state index contributed by atoms with van der Waals surface area (Å²) in [6.07, 6.45) is 0.176. The van der Waals surface area contributed by atoms with E-state index in [1.165, 1.54) is 13.8 Å². The number of carboxylic acids is 1. The fourth-order valence-electron chi connectivity index (χ4n) is 2.04. The number of hydrogen-bond donors (Lipinski definition) is 6. The molecule has 0 bridgehead atoms. The Bertz CT molecular complexity index is 582. The first-order valence-corrected chi connectivity index (χ1v) is 8.58. The maximum atomic E-state index is 12.3. The molecular weight excluding hydrogens is 358 g/mol. The second-order valence-electron chi connectivity index (χ2n) is 6.45. The summed E-state index contributed by atoms with van der Waals surface area (Å²) in [5.74, 6) is -4.28. The van der Waals surface area contributed by atoms with E-state index in [0.717, 1.165) is 0 Å². The molecule has 4 amide bonds. The smallest absolute Gasteiger partial charge is 0.325 e. The molecule has 0 aliphatic heterocycles. The first-order valence-electron chi connectivity index (χ1n) is 8.58. The molecule has 0 rings (SSSR count). The second-order valence-corrected chi connectivity index (χ2v) is 6.45. The van der Waals surface area contributed by atoms with Crippen molar-refractivity contribution in [1.82, 2.24) is 16.0 Å². The number of nitrogens with one attached hydrogen (secondary N) is 3. The first kappa shape index (κ1) is 24.3. The van der Waals surface area contributed by atoms with Crippen molar-refractivity contribution in [3.05, 3.63) is 0 Å². The summed E-state index contributed by atoms with van der Waals surface area (Å²) in [5.41, 5.74) is 10.5. The summed E-state index contributed by atoms with van der Waals surface area (Å²) in [7, 11) is 0. The van der Waals surface area contributed by atoms with Crippen molar-refractivity contribution >= 4 is 29.6 Å². The molecule has 0 aromatic rings. The number of aliphatic carboxylic acids is 1. The highest BCUT2D eigenvalue weighted by Gasteiger charge is 2.30. The van der Waals surface area contributed by atoms with E-state index < -0.39 is 53.8 Å². The van der Waals surface area contributed by atoms with Gasteiger partial charge in [0.2, 0.25) is 23.6 Å². The van der Waals surface area contributed by atoms with E-state index in [-0.39, 0.29) is 12.3 Å². The van der Waals surface area contributed by atoms with Crippen molar-refractivity contribution in [3.8, 4) is 0 Å². The Morgan fingerprint density at radius 1 is 0.889 bits per heavy atom. The standard InChI is InChI=1S/C16H29N5O6/c1-5-7(2)12(15(25)20-9(4)16(26)27)21-13(23)8(3)19-14(24)10(17)6-11(18)22/h7-10,12H,5-6,17H2,1-4H3,(H2,18,22)(H,19,24)(H,20,25)(H,21,23)(H,26,27)/t7-,8-,9-,10-,12-/m0/s1. The topological polar surface area (TPSA) is 194 Å². The lowest BCUT2D eigenvalue weighted by atomic mass is 9.97. The molecule has 8 N–H and O–H groups in total. The molecule has 0 aromatic heterocycles. The van der Waals surface area contributed by atoms with Crippen LogP contribution in [0.3, 0.4) is 0 Å². The number of primary amides is 1. The molecule has 0 radical (unpaired) electrons. The van der Waals surface area contributed by atoms with Crippen LogP contribution >= 0.6 is 0 Å². The normalized spacial score (nSPS) is 16.2. The Hall–Kier alpha value is -2.69. The van der Waals surface area contributed by atoms with E-state index in [0.29, 0.717) is 6.42 Å². The molecule has 154 valence electrons. The van der Waals surface area contributed by atoms with E-state index in [4.69, 9.17) is 16.6 Å². The monoisotopic (exact) mass is 387 g/mol. The molecule has 0 unspecified atom stereocenters. The van der Waals surface area contributed by atoms with Gasteiger partial charge in [0.25, 0.3) is 0 Å². The second kappa shape index (κ2) is 11.1. The minimum absolute atomic E-state index is 0.282. The van der Waals surface area contributed by atoms with Crippen LogP contribution in [-0.4, -0.2) is 58.9 Å². The van der Waals surface area contributed by atoms with Crippen LogP contribution in [-0.2, 0) is 24.0 Å². The highest BCUT2D eigenvalue weighted by molar-refractivity contribution is 5.94. The quantitative estimate of drug-likeness (QED) is 0.232. The lowest BCUT2D eigenvalue weighted by Crippen LogP contribution is -2.57. The third-order valence-electron chi connectivity index (χ3n) is 4.03. The van der Waals surface area contributed by atoms with Gasteiger partial charge < -0.3 is 32.5 Å². The van der Waals surface area contributed by atoms with Gasteiger partial charge in [0, 0.05) is 0 Å². The van der Waals surface area contributed by atoms with Crippen LogP contribution in [0.25, 0.3) is 0 Å². The lowest BCUT2D eigenvalue weighted by Gasteiger charge is -2.26. The average Bonchev–Trinajstić information content (AvgIpc) is 2.57. The number of hydrogen-bond acceptors (Lipinski definition) is 6. The average molecular weight is 387 g/mol. The van der Waals surface area contributed by atoms with Gasteiger partial charge in [-0.25, -0.2) is 0 Å². The van der Waals surface area contributed by atoms with E-state index in [9.17, 15) is 24.0 Å². The molecule has 0 fully saturated rings. The van der Waals surface area contributed by atoms with Gasteiger partial charge in [0.05, 0.1) is 12.5 Å². The van der Waals surface area contributed by atoms with Crippen LogP contribution in [0.4, 0.5) is 0 Å². The largest absolute Gasteiger partial charge is 0.480 e. The lowest BCUT2D eigenvalue weighted by molar-refractivity contribution is -0.142. The number of amides is 4. The minimum atomic E-state index is -1.21. The Morgan fingerprint density at radius 3 is 1.85 bits per heavy atom. The van der Waals surface area contributed by atoms with Crippen LogP contribution in [0.5, 0.6) is 0 Å².